The number of imidazole rings is 1. The molecule has 2 N–H and O–H groups in total. The average Bonchev–Trinajstić information content (AvgIpc) is 3.01. The molecule has 0 fully saturated rings. The molecule has 118 valence electrons. The molecule has 2 amide bonds. The fourth-order valence-electron chi connectivity index (χ4n) is 2.48. The molecule has 0 aliphatic heterocycles. The SMILES string of the molecule is CC(C)N(Cc1ccccc1)C(=O)Nc1ccc2nc[nH]c2c1. The molecule has 0 aliphatic rings. The summed E-state index contributed by atoms with van der Waals surface area (Å²) >= 11 is 0. The highest BCUT2D eigenvalue weighted by molar-refractivity contribution is 5.92. The normalized spacial score (nSPS) is 10.9. The highest BCUT2D eigenvalue weighted by Gasteiger charge is 2.17. The second kappa shape index (κ2) is 6.52. The first kappa shape index (κ1) is 15.1. The topological polar surface area (TPSA) is 61.0 Å². The summed E-state index contributed by atoms with van der Waals surface area (Å²) in [4.78, 5) is 21.7. The average molecular weight is 308 g/mol. The zero-order valence-electron chi connectivity index (χ0n) is 13.3. The Kier molecular flexibility index (Phi) is 4.28. The number of fused-ring (bicyclic) bond motifs is 1. The zero-order valence-corrected chi connectivity index (χ0v) is 13.3. The lowest BCUT2D eigenvalue weighted by molar-refractivity contribution is 0.193. The van der Waals surface area contributed by atoms with Crippen LogP contribution in [0.2, 0.25) is 0 Å². The molecule has 0 bridgehead atoms. The van der Waals surface area contributed by atoms with E-state index in [1.54, 1.807) is 6.33 Å². The van der Waals surface area contributed by atoms with E-state index >= 15 is 0 Å². The highest BCUT2D eigenvalue weighted by Crippen LogP contribution is 2.17. The van der Waals surface area contributed by atoms with Gasteiger partial charge in [0.15, 0.2) is 0 Å². The van der Waals surface area contributed by atoms with Gasteiger partial charge in [0, 0.05) is 18.3 Å². The van der Waals surface area contributed by atoms with E-state index in [-0.39, 0.29) is 12.1 Å². The maximum atomic E-state index is 12.6. The van der Waals surface area contributed by atoms with Crippen molar-refractivity contribution in [1.82, 2.24) is 14.9 Å². The van der Waals surface area contributed by atoms with Gasteiger partial charge in [-0.25, -0.2) is 9.78 Å². The van der Waals surface area contributed by atoms with Crippen molar-refractivity contribution in [3.05, 3.63) is 60.4 Å². The molecule has 0 radical (unpaired) electrons. The van der Waals surface area contributed by atoms with Crippen LogP contribution in [0.4, 0.5) is 10.5 Å². The van der Waals surface area contributed by atoms with Crippen LogP contribution in [0.1, 0.15) is 19.4 Å². The van der Waals surface area contributed by atoms with Crippen molar-refractivity contribution in [1.29, 1.82) is 0 Å². The van der Waals surface area contributed by atoms with Crippen molar-refractivity contribution in [3.8, 4) is 0 Å². The summed E-state index contributed by atoms with van der Waals surface area (Å²) in [6.07, 6.45) is 1.64. The van der Waals surface area contributed by atoms with Crippen LogP contribution in [0, 0.1) is 0 Å². The summed E-state index contributed by atoms with van der Waals surface area (Å²) in [5.41, 5.74) is 3.65. The Hall–Kier alpha value is -2.82. The Bertz CT molecular complexity index is 795. The minimum atomic E-state index is -0.109. The highest BCUT2D eigenvalue weighted by atomic mass is 16.2. The standard InChI is InChI=1S/C18H20N4O/c1-13(2)22(11-14-6-4-3-5-7-14)18(23)21-15-8-9-16-17(10-15)20-12-19-16/h3-10,12-13H,11H2,1-2H3,(H,19,20)(H,21,23). The van der Waals surface area contributed by atoms with Crippen LogP contribution in [0.3, 0.4) is 0 Å². The zero-order chi connectivity index (χ0) is 16.2. The van der Waals surface area contributed by atoms with Gasteiger partial charge in [0.05, 0.1) is 17.4 Å². The van der Waals surface area contributed by atoms with Crippen molar-refractivity contribution in [3.63, 3.8) is 0 Å². The number of rotatable bonds is 4. The number of amides is 2. The predicted molar refractivity (Wildman–Crippen MR) is 92.2 cm³/mol. The molecule has 3 aromatic rings. The Morgan fingerprint density at radius 3 is 2.74 bits per heavy atom. The minimum Gasteiger partial charge on any atom is -0.345 e. The van der Waals surface area contributed by atoms with Gasteiger partial charge < -0.3 is 15.2 Å². The van der Waals surface area contributed by atoms with E-state index in [1.165, 1.54) is 0 Å². The summed E-state index contributed by atoms with van der Waals surface area (Å²) in [5, 5.41) is 2.96. The Morgan fingerprint density at radius 1 is 1.22 bits per heavy atom. The Labute approximate surface area is 135 Å². The maximum absolute atomic E-state index is 12.6. The van der Waals surface area contributed by atoms with Crippen LogP contribution >= 0.6 is 0 Å². The molecule has 23 heavy (non-hydrogen) atoms. The first-order valence-electron chi connectivity index (χ1n) is 7.68. The lowest BCUT2D eigenvalue weighted by Gasteiger charge is -2.27. The van der Waals surface area contributed by atoms with Gasteiger partial charge in [-0.3, -0.25) is 0 Å². The predicted octanol–water partition coefficient (Wildman–Crippen LogP) is 4.01. The third-order valence-electron chi connectivity index (χ3n) is 3.75. The molecule has 1 heterocycles. The molecule has 0 aliphatic carbocycles. The molecule has 5 nitrogen and oxygen atoms in total. The minimum absolute atomic E-state index is 0.103. The quantitative estimate of drug-likeness (QED) is 0.765. The molecule has 0 saturated carbocycles. The molecule has 0 atom stereocenters. The lowest BCUT2D eigenvalue weighted by atomic mass is 10.2. The number of carbonyl (C=O) groups excluding carboxylic acids is 1. The molecular formula is C18H20N4O. The van der Waals surface area contributed by atoms with E-state index in [0.717, 1.165) is 22.3 Å². The molecular weight excluding hydrogens is 288 g/mol. The molecule has 0 unspecified atom stereocenters. The van der Waals surface area contributed by atoms with Gasteiger partial charge in [-0.2, -0.15) is 0 Å². The van der Waals surface area contributed by atoms with Crippen molar-refractivity contribution in [2.45, 2.75) is 26.4 Å². The molecule has 1 aromatic heterocycles. The number of carbonyl (C=O) groups is 1. The summed E-state index contributed by atoms with van der Waals surface area (Å²) < 4.78 is 0. The monoisotopic (exact) mass is 308 g/mol. The third kappa shape index (κ3) is 3.51. The van der Waals surface area contributed by atoms with Crippen LogP contribution in [-0.4, -0.2) is 26.9 Å². The van der Waals surface area contributed by atoms with Crippen molar-refractivity contribution in [2.24, 2.45) is 0 Å². The number of benzene rings is 2. The van der Waals surface area contributed by atoms with Gasteiger partial charge in [0.1, 0.15) is 0 Å². The van der Waals surface area contributed by atoms with Gasteiger partial charge >= 0.3 is 6.03 Å². The Balaban J connectivity index is 1.75. The number of aromatic amines is 1. The summed E-state index contributed by atoms with van der Waals surface area (Å²) in [7, 11) is 0. The van der Waals surface area contributed by atoms with Gasteiger partial charge in [-0.15, -0.1) is 0 Å². The molecule has 0 saturated heterocycles. The maximum Gasteiger partial charge on any atom is 0.322 e. The van der Waals surface area contributed by atoms with E-state index in [1.807, 2.05) is 67.3 Å². The number of hydrogen-bond donors (Lipinski definition) is 2. The van der Waals surface area contributed by atoms with Gasteiger partial charge in [0.25, 0.3) is 0 Å². The number of nitrogens with one attached hydrogen (secondary N) is 2. The Morgan fingerprint density at radius 2 is 2.00 bits per heavy atom. The molecule has 5 heteroatoms. The van der Waals surface area contributed by atoms with Crippen LogP contribution in [0.5, 0.6) is 0 Å². The van der Waals surface area contributed by atoms with Gasteiger partial charge in [0.2, 0.25) is 0 Å². The van der Waals surface area contributed by atoms with E-state index < -0.39 is 0 Å². The van der Waals surface area contributed by atoms with Crippen LogP contribution in [-0.2, 0) is 6.54 Å². The number of hydrogen-bond acceptors (Lipinski definition) is 2. The number of anilines is 1. The smallest absolute Gasteiger partial charge is 0.322 e. The van der Waals surface area contributed by atoms with Crippen LogP contribution < -0.4 is 5.32 Å². The number of aromatic nitrogens is 2. The fourth-order valence-corrected chi connectivity index (χ4v) is 2.48. The lowest BCUT2D eigenvalue weighted by Crippen LogP contribution is -2.39. The van der Waals surface area contributed by atoms with Crippen molar-refractivity contribution in [2.75, 3.05) is 5.32 Å². The second-order valence-corrected chi connectivity index (χ2v) is 5.77. The molecule has 0 spiro atoms. The molecule has 3 rings (SSSR count). The molecule has 2 aromatic carbocycles. The van der Waals surface area contributed by atoms with Crippen molar-refractivity contribution >= 4 is 22.8 Å². The van der Waals surface area contributed by atoms with Gasteiger partial charge in [-0.1, -0.05) is 30.3 Å². The van der Waals surface area contributed by atoms with E-state index in [0.29, 0.717) is 6.54 Å². The second-order valence-electron chi connectivity index (χ2n) is 5.77. The van der Waals surface area contributed by atoms with Crippen LogP contribution in [0.15, 0.2) is 54.9 Å². The summed E-state index contributed by atoms with van der Waals surface area (Å²) in [6.45, 7) is 4.61. The fraction of sp³-hybridized carbons (Fsp3) is 0.222. The van der Waals surface area contributed by atoms with Crippen LogP contribution in [0.25, 0.3) is 11.0 Å². The van der Waals surface area contributed by atoms with E-state index in [9.17, 15) is 4.79 Å². The third-order valence-corrected chi connectivity index (χ3v) is 3.75. The number of urea groups is 1. The first-order valence-corrected chi connectivity index (χ1v) is 7.68. The first-order chi connectivity index (χ1) is 11.1. The summed E-state index contributed by atoms with van der Waals surface area (Å²) in [5.74, 6) is 0. The largest absolute Gasteiger partial charge is 0.345 e. The van der Waals surface area contributed by atoms with E-state index in [4.69, 9.17) is 0 Å². The van der Waals surface area contributed by atoms with Crippen molar-refractivity contribution < 1.29 is 4.79 Å². The number of H-pyrrole nitrogens is 1. The van der Waals surface area contributed by atoms with Gasteiger partial charge in [-0.05, 0) is 37.6 Å². The summed E-state index contributed by atoms with van der Waals surface area (Å²) in [6, 6.07) is 15.6. The number of nitrogens with zero attached hydrogens (tertiary/aromatic N) is 2. The van der Waals surface area contributed by atoms with E-state index in [2.05, 4.69) is 15.3 Å².